The van der Waals surface area contributed by atoms with Crippen molar-refractivity contribution in [3.8, 4) is 0 Å². The second-order valence-electron chi connectivity index (χ2n) is 3.40. The first-order valence-electron chi connectivity index (χ1n) is 5.20. The van der Waals surface area contributed by atoms with Gasteiger partial charge in [-0.3, -0.25) is 0 Å². The highest BCUT2D eigenvalue weighted by molar-refractivity contribution is 5.85. The number of aromatic nitrogens is 2. The first-order chi connectivity index (χ1) is 8.31. The van der Waals surface area contributed by atoms with Crippen LogP contribution in [0.2, 0.25) is 0 Å². The lowest BCUT2D eigenvalue weighted by Crippen LogP contribution is -2.07. The van der Waals surface area contributed by atoms with Gasteiger partial charge in [0, 0.05) is 0 Å². The number of aliphatic hydroxyl groups is 1. The Bertz CT molecular complexity index is 511. The van der Waals surface area contributed by atoms with Crippen LogP contribution in [-0.4, -0.2) is 21.5 Å². The van der Waals surface area contributed by atoms with Crippen molar-refractivity contribution in [2.24, 2.45) is 10.2 Å². The molecule has 0 saturated heterocycles. The molecule has 0 amide bonds. The minimum atomic E-state index is -0.0127. The zero-order chi connectivity index (χ0) is 12.1. The Kier molecular flexibility index (Phi) is 5.29. The van der Waals surface area contributed by atoms with Crippen molar-refractivity contribution in [2.75, 3.05) is 12.3 Å². The average Bonchev–Trinajstić information content (AvgIpc) is 2.70. The third-order valence-electron chi connectivity index (χ3n) is 2.20. The summed E-state index contributed by atoms with van der Waals surface area (Å²) < 4.78 is 1.49. The van der Waals surface area contributed by atoms with Crippen molar-refractivity contribution in [3.63, 3.8) is 0 Å². The van der Waals surface area contributed by atoms with Gasteiger partial charge in [0.1, 0.15) is 11.5 Å². The van der Waals surface area contributed by atoms with Crippen LogP contribution in [0.15, 0.2) is 46.8 Å². The lowest BCUT2D eigenvalue weighted by Gasteiger charge is -1.99. The molecule has 3 N–H and O–H groups in total. The summed E-state index contributed by atoms with van der Waals surface area (Å²) in [4.78, 5) is 0. The van der Waals surface area contributed by atoms with Crippen LogP contribution in [0.25, 0.3) is 0 Å². The van der Waals surface area contributed by atoms with E-state index in [2.05, 4.69) is 15.3 Å². The highest BCUT2D eigenvalue weighted by Crippen LogP contribution is 2.23. The van der Waals surface area contributed by atoms with Crippen LogP contribution in [-0.2, 0) is 6.54 Å². The first kappa shape index (κ1) is 14.1. The zero-order valence-electron chi connectivity index (χ0n) is 9.60. The monoisotopic (exact) mass is 267 g/mol. The van der Waals surface area contributed by atoms with Gasteiger partial charge in [0.25, 0.3) is 0 Å². The molecule has 18 heavy (non-hydrogen) atoms. The van der Waals surface area contributed by atoms with E-state index in [0.29, 0.717) is 18.1 Å². The first-order valence-corrected chi connectivity index (χ1v) is 5.20. The van der Waals surface area contributed by atoms with Gasteiger partial charge >= 0.3 is 0 Å². The minimum absolute atomic E-state index is 0. The number of nitrogen functional groups attached to an aromatic ring is 1. The van der Waals surface area contributed by atoms with E-state index >= 15 is 0 Å². The van der Waals surface area contributed by atoms with E-state index in [1.54, 1.807) is 0 Å². The molecule has 7 heteroatoms. The Morgan fingerprint density at radius 1 is 1.22 bits per heavy atom. The highest BCUT2D eigenvalue weighted by atomic mass is 35.5. The summed E-state index contributed by atoms with van der Waals surface area (Å²) in [5.74, 6) is 0.402. The number of azo groups is 1. The fourth-order valence-corrected chi connectivity index (χ4v) is 1.34. The van der Waals surface area contributed by atoms with E-state index in [0.717, 1.165) is 5.69 Å². The molecule has 2 aromatic rings. The molecule has 96 valence electrons. The van der Waals surface area contributed by atoms with E-state index in [-0.39, 0.29) is 19.0 Å². The second-order valence-corrected chi connectivity index (χ2v) is 3.40. The van der Waals surface area contributed by atoms with Crippen LogP contribution in [0.3, 0.4) is 0 Å². The summed E-state index contributed by atoms with van der Waals surface area (Å²) in [7, 11) is 0. The van der Waals surface area contributed by atoms with E-state index in [1.807, 2.05) is 30.3 Å². The van der Waals surface area contributed by atoms with E-state index in [1.165, 1.54) is 10.9 Å². The lowest BCUT2D eigenvalue weighted by atomic mass is 10.3. The number of nitrogens with zero attached hydrogens (tertiary/aromatic N) is 4. The zero-order valence-corrected chi connectivity index (χ0v) is 10.4. The summed E-state index contributed by atoms with van der Waals surface area (Å²) in [5, 5.41) is 20.8. The largest absolute Gasteiger partial charge is 0.394 e. The van der Waals surface area contributed by atoms with Crippen LogP contribution < -0.4 is 5.73 Å². The second kappa shape index (κ2) is 6.73. The Morgan fingerprint density at radius 2 is 1.94 bits per heavy atom. The molecule has 0 aliphatic heterocycles. The van der Waals surface area contributed by atoms with Gasteiger partial charge in [0.15, 0.2) is 0 Å². The van der Waals surface area contributed by atoms with Gasteiger partial charge in [0.2, 0.25) is 0 Å². The molecule has 1 heterocycles. The maximum Gasteiger partial charge on any atom is 0.149 e. The molecule has 0 spiro atoms. The Labute approximate surface area is 111 Å². The number of benzene rings is 1. The quantitative estimate of drug-likeness (QED) is 0.833. The van der Waals surface area contributed by atoms with Gasteiger partial charge in [-0.25, -0.2) is 4.68 Å². The number of aliphatic hydroxyl groups excluding tert-OH is 1. The van der Waals surface area contributed by atoms with Crippen molar-refractivity contribution >= 4 is 29.6 Å². The van der Waals surface area contributed by atoms with Crippen molar-refractivity contribution in [1.29, 1.82) is 0 Å². The number of rotatable bonds is 4. The van der Waals surface area contributed by atoms with Crippen LogP contribution in [0.5, 0.6) is 0 Å². The van der Waals surface area contributed by atoms with Crippen molar-refractivity contribution in [1.82, 2.24) is 9.78 Å². The average molecular weight is 268 g/mol. The third-order valence-corrected chi connectivity index (χ3v) is 2.20. The molecule has 0 atom stereocenters. The van der Waals surface area contributed by atoms with Gasteiger partial charge in [-0.05, 0) is 12.1 Å². The summed E-state index contributed by atoms with van der Waals surface area (Å²) in [5.41, 5.74) is 7.04. The summed E-state index contributed by atoms with van der Waals surface area (Å²) >= 11 is 0. The molecule has 0 saturated carbocycles. The van der Waals surface area contributed by atoms with Crippen molar-refractivity contribution < 1.29 is 5.11 Å². The van der Waals surface area contributed by atoms with Gasteiger partial charge < -0.3 is 10.8 Å². The lowest BCUT2D eigenvalue weighted by molar-refractivity contribution is 0.270. The Morgan fingerprint density at radius 3 is 2.61 bits per heavy atom. The summed E-state index contributed by atoms with van der Waals surface area (Å²) in [6.07, 6.45) is 1.53. The van der Waals surface area contributed by atoms with Crippen LogP contribution in [0, 0.1) is 0 Å². The number of anilines is 1. The molecular weight excluding hydrogens is 254 g/mol. The molecule has 0 radical (unpaired) electrons. The Balaban J connectivity index is 0.00000162. The number of hydrogen-bond donors (Lipinski definition) is 2. The summed E-state index contributed by atoms with van der Waals surface area (Å²) in [6.45, 7) is 0.341. The molecule has 1 aromatic heterocycles. The topological polar surface area (TPSA) is 88.8 Å². The number of halogens is 1. The van der Waals surface area contributed by atoms with Crippen molar-refractivity contribution in [2.45, 2.75) is 6.54 Å². The van der Waals surface area contributed by atoms with Crippen LogP contribution >= 0.6 is 12.4 Å². The molecular formula is C11H14ClN5O. The predicted octanol–water partition coefficient (Wildman–Crippen LogP) is 2.29. The minimum Gasteiger partial charge on any atom is -0.394 e. The molecule has 0 unspecified atom stereocenters. The highest BCUT2D eigenvalue weighted by Gasteiger charge is 2.05. The van der Waals surface area contributed by atoms with E-state index in [9.17, 15) is 0 Å². The molecule has 0 aliphatic rings. The number of hydrogen-bond acceptors (Lipinski definition) is 5. The fraction of sp³-hybridized carbons (Fsp3) is 0.182. The molecule has 6 nitrogen and oxygen atoms in total. The molecule has 2 rings (SSSR count). The van der Waals surface area contributed by atoms with Crippen molar-refractivity contribution in [3.05, 3.63) is 36.5 Å². The fourth-order valence-electron chi connectivity index (χ4n) is 1.34. The molecule has 1 aromatic carbocycles. The standard InChI is InChI=1S/C11H13N5O.ClH/c12-11-10(8-13-16(11)6-7-17)15-14-9-4-2-1-3-5-9;/h1-5,8,17H,6-7,12H2;1H. The number of nitrogens with two attached hydrogens (primary N) is 1. The van der Waals surface area contributed by atoms with Crippen LogP contribution in [0.4, 0.5) is 17.2 Å². The summed E-state index contributed by atoms with van der Waals surface area (Å²) in [6, 6.07) is 9.36. The molecule has 0 aliphatic carbocycles. The van der Waals surface area contributed by atoms with Gasteiger partial charge in [-0.15, -0.1) is 17.5 Å². The maximum absolute atomic E-state index is 8.79. The van der Waals surface area contributed by atoms with Crippen LogP contribution in [0.1, 0.15) is 0 Å². The predicted molar refractivity (Wildman–Crippen MR) is 71.6 cm³/mol. The van der Waals surface area contributed by atoms with Gasteiger partial charge in [-0.2, -0.15) is 10.2 Å². The molecule has 0 bridgehead atoms. The smallest absolute Gasteiger partial charge is 0.149 e. The maximum atomic E-state index is 8.79. The Hall–Kier alpha value is -1.92. The normalized spacial score (nSPS) is 10.5. The van der Waals surface area contributed by atoms with Gasteiger partial charge in [0.05, 0.1) is 25.0 Å². The molecule has 0 fully saturated rings. The van der Waals surface area contributed by atoms with E-state index in [4.69, 9.17) is 10.8 Å². The van der Waals surface area contributed by atoms with E-state index < -0.39 is 0 Å². The third kappa shape index (κ3) is 3.28. The SMILES string of the molecule is Cl.Nc1c(N=Nc2ccccc2)cnn1CCO. The van der Waals surface area contributed by atoms with Gasteiger partial charge in [-0.1, -0.05) is 18.2 Å².